The number of nitrogens with zero attached hydrogens (tertiary/aromatic N) is 1. The van der Waals surface area contributed by atoms with Gasteiger partial charge in [0.25, 0.3) is 0 Å². The smallest absolute Gasteiger partial charge is 0.241 e. The zero-order chi connectivity index (χ0) is 16.0. The summed E-state index contributed by atoms with van der Waals surface area (Å²) < 4.78 is 0. The first-order valence-electron chi connectivity index (χ1n) is 8.09. The zero-order valence-electron chi connectivity index (χ0n) is 13.6. The second kappa shape index (κ2) is 7.43. The average molecular weight is 302 g/mol. The van der Waals surface area contributed by atoms with E-state index in [-0.39, 0.29) is 23.8 Å². The van der Waals surface area contributed by atoms with Crippen LogP contribution in [0.3, 0.4) is 0 Å². The lowest BCUT2D eigenvalue weighted by Gasteiger charge is -2.27. The van der Waals surface area contributed by atoms with Crippen LogP contribution in [0.1, 0.15) is 45.1 Å². The van der Waals surface area contributed by atoms with Gasteiger partial charge in [0.1, 0.15) is 0 Å². The van der Waals surface area contributed by atoms with Gasteiger partial charge in [-0.3, -0.25) is 9.59 Å². The molecule has 0 aromatic heterocycles. The van der Waals surface area contributed by atoms with Gasteiger partial charge in [-0.25, -0.2) is 0 Å². The summed E-state index contributed by atoms with van der Waals surface area (Å²) >= 11 is 0. The Morgan fingerprint density at radius 2 is 1.73 bits per heavy atom. The second-order valence-electron chi connectivity index (χ2n) is 6.64. The van der Waals surface area contributed by atoms with Crippen molar-refractivity contribution in [2.45, 2.75) is 44.9 Å². The first kappa shape index (κ1) is 16.5. The molecule has 2 amide bonds. The number of hydrogen-bond donors (Lipinski definition) is 1. The Hall–Kier alpha value is -1.84. The Kier molecular flexibility index (Phi) is 5.58. The number of benzene rings is 1. The molecule has 2 rings (SSSR count). The van der Waals surface area contributed by atoms with Crippen LogP contribution in [0.25, 0.3) is 0 Å². The fourth-order valence-electron chi connectivity index (χ4n) is 2.88. The number of carbonyl (C=O) groups excluding carboxylic acids is 2. The summed E-state index contributed by atoms with van der Waals surface area (Å²) in [5.41, 5.74) is 0.895. The van der Waals surface area contributed by atoms with Crippen LogP contribution in [0.2, 0.25) is 0 Å². The molecule has 1 heterocycles. The van der Waals surface area contributed by atoms with Crippen LogP contribution in [0.15, 0.2) is 30.3 Å². The molecule has 0 unspecified atom stereocenters. The monoisotopic (exact) mass is 302 g/mol. The second-order valence-corrected chi connectivity index (χ2v) is 6.64. The van der Waals surface area contributed by atoms with Crippen molar-refractivity contribution in [3.8, 4) is 0 Å². The van der Waals surface area contributed by atoms with Crippen molar-refractivity contribution in [1.82, 2.24) is 10.2 Å². The summed E-state index contributed by atoms with van der Waals surface area (Å²) in [5, 5.41) is 2.78. The number of nitrogens with one attached hydrogen (secondary N) is 1. The molecule has 1 aromatic carbocycles. The van der Waals surface area contributed by atoms with E-state index >= 15 is 0 Å². The Bertz CT molecular complexity index is 505. The number of likely N-dealkylation sites (tertiary alicyclic amines) is 1. The van der Waals surface area contributed by atoms with Crippen molar-refractivity contribution in [3.63, 3.8) is 0 Å². The molecule has 1 fully saturated rings. The average Bonchev–Trinajstić information content (AvgIpc) is 2.54. The largest absolute Gasteiger partial charge is 0.347 e. The first-order valence-corrected chi connectivity index (χ1v) is 8.09. The van der Waals surface area contributed by atoms with E-state index in [0.29, 0.717) is 6.42 Å². The summed E-state index contributed by atoms with van der Waals surface area (Å²) in [6.07, 6.45) is 3.72. The van der Waals surface area contributed by atoms with Gasteiger partial charge in [-0.2, -0.15) is 0 Å². The summed E-state index contributed by atoms with van der Waals surface area (Å²) in [6, 6.07) is 10.00. The Balaban J connectivity index is 1.81. The Morgan fingerprint density at radius 1 is 1.09 bits per heavy atom. The van der Waals surface area contributed by atoms with Crippen molar-refractivity contribution < 1.29 is 9.59 Å². The van der Waals surface area contributed by atoms with Gasteiger partial charge in [0.2, 0.25) is 11.8 Å². The fourth-order valence-corrected chi connectivity index (χ4v) is 2.88. The molecular weight excluding hydrogens is 276 g/mol. The summed E-state index contributed by atoms with van der Waals surface area (Å²) in [4.78, 5) is 26.0. The van der Waals surface area contributed by atoms with Crippen LogP contribution in [0.4, 0.5) is 0 Å². The van der Waals surface area contributed by atoms with Gasteiger partial charge < -0.3 is 10.2 Å². The summed E-state index contributed by atoms with van der Waals surface area (Å²) in [6.45, 7) is 5.86. The van der Waals surface area contributed by atoms with Crippen molar-refractivity contribution in [3.05, 3.63) is 35.9 Å². The van der Waals surface area contributed by atoms with E-state index in [1.54, 1.807) is 0 Å². The number of carbonyl (C=O) groups is 2. The van der Waals surface area contributed by atoms with Crippen molar-refractivity contribution in [1.29, 1.82) is 0 Å². The van der Waals surface area contributed by atoms with Crippen LogP contribution in [-0.2, 0) is 15.0 Å². The number of amides is 2. The fraction of sp³-hybridized carbons (Fsp3) is 0.556. The molecule has 22 heavy (non-hydrogen) atoms. The molecular formula is C18H26N2O2. The molecule has 1 aliphatic rings. The molecule has 120 valence electrons. The van der Waals surface area contributed by atoms with Crippen LogP contribution in [0.5, 0.6) is 0 Å². The van der Waals surface area contributed by atoms with Crippen LogP contribution in [0, 0.1) is 0 Å². The molecule has 1 aliphatic heterocycles. The van der Waals surface area contributed by atoms with Crippen LogP contribution in [-0.4, -0.2) is 36.3 Å². The van der Waals surface area contributed by atoms with Crippen molar-refractivity contribution in [2.75, 3.05) is 19.6 Å². The number of piperidine rings is 1. The highest BCUT2D eigenvalue weighted by atomic mass is 16.2. The molecule has 0 radical (unpaired) electrons. The molecule has 1 N–H and O–H groups in total. The van der Waals surface area contributed by atoms with Crippen LogP contribution < -0.4 is 5.32 Å². The lowest BCUT2D eigenvalue weighted by Crippen LogP contribution is -2.43. The maximum atomic E-state index is 12.1. The summed E-state index contributed by atoms with van der Waals surface area (Å²) in [5.74, 6) is -0.0372. The first-order chi connectivity index (χ1) is 10.5. The molecule has 1 aromatic rings. The molecule has 4 nitrogen and oxygen atoms in total. The third kappa shape index (κ3) is 4.58. The van der Waals surface area contributed by atoms with Crippen molar-refractivity contribution >= 4 is 11.8 Å². The highest BCUT2D eigenvalue weighted by Crippen LogP contribution is 2.26. The van der Waals surface area contributed by atoms with E-state index in [9.17, 15) is 9.59 Å². The molecule has 1 saturated heterocycles. The quantitative estimate of drug-likeness (QED) is 0.908. The normalized spacial score (nSPS) is 15.5. The molecule has 0 bridgehead atoms. The third-order valence-corrected chi connectivity index (χ3v) is 4.30. The van der Waals surface area contributed by atoms with E-state index in [1.807, 2.05) is 49.1 Å². The van der Waals surface area contributed by atoms with E-state index in [0.717, 1.165) is 31.5 Å². The standard InChI is InChI=1S/C18H26N2O2/c1-18(2,15-9-5-3-6-10-15)13-16(21)19-14-17(22)20-11-7-4-8-12-20/h3,5-6,9-10H,4,7-8,11-14H2,1-2H3,(H,19,21). The predicted octanol–water partition coefficient (Wildman–Crippen LogP) is 2.48. The third-order valence-electron chi connectivity index (χ3n) is 4.30. The lowest BCUT2D eigenvalue weighted by molar-refractivity contribution is -0.133. The van der Waals surface area contributed by atoms with Gasteiger partial charge in [0.15, 0.2) is 0 Å². The van der Waals surface area contributed by atoms with Gasteiger partial charge in [-0.1, -0.05) is 44.2 Å². The van der Waals surface area contributed by atoms with E-state index in [4.69, 9.17) is 0 Å². The van der Waals surface area contributed by atoms with E-state index < -0.39 is 0 Å². The van der Waals surface area contributed by atoms with E-state index in [2.05, 4.69) is 5.32 Å². The van der Waals surface area contributed by atoms with Gasteiger partial charge in [0, 0.05) is 19.5 Å². The Labute approximate surface area is 132 Å². The topological polar surface area (TPSA) is 49.4 Å². The van der Waals surface area contributed by atoms with Gasteiger partial charge in [-0.05, 0) is 30.2 Å². The van der Waals surface area contributed by atoms with E-state index in [1.165, 1.54) is 6.42 Å². The SMILES string of the molecule is CC(C)(CC(=O)NCC(=O)N1CCCCC1)c1ccccc1. The van der Waals surface area contributed by atoms with Gasteiger partial charge in [-0.15, -0.1) is 0 Å². The maximum Gasteiger partial charge on any atom is 0.241 e. The van der Waals surface area contributed by atoms with Crippen molar-refractivity contribution in [2.24, 2.45) is 0 Å². The van der Waals surface area contributed by atoms with Gasteiger partial charge >= 0.3 is 0 Å². The van der Waals surface area contributed by atoms with Crippen LogP contribution >= 0.6 is 0 Å². The van der Waals surface area contributed by atoms with Gasteiger partial charge in [0.05, 0.1) is 6.54 Å². The predicted molar refractivity (Wildman–Crippen MR) is 87.5 cm³/mol. The maximum absolute atomic E-state index is 12.1. The molecule has 0 saturated carbocycles. The number of rotatable bonds is 5. The Morgan fingerprint density at radius 3 is 2.36 bits per heavy atom. The molecule has 0 atom stereocenters. The zero-order valence-corrected chi connectivity index (χ0v) is 13.6. The number of hydrogen-bond acceptors (Lipinski definition) is 2. The minimum Gasteiger partial charge on any atom is -0.347 e. The highest BCUT2D eigenvalue weighted by Gasteiger charge is 2.24. The highest BCUT2D eigenvalue weighted by molar-refractivity contribution is 5.85. The summed E-state index contributed by atoms with van der Waals surface area (Å²) in [7, 11) is 0. The minimum absolute atomic E-state index is 0.0329. The molecule has 0 spiro atoms. The molecule has 4 heteroatoms. The lowest BCUT2D eigenvalue weighted by atomic mass is 9.81. The molecule has 0 aliphatic carbocycles. The minimum atomic E-state index is -0.237.